The van der Waals surface area contributed by atoms with Crippen LogP contribution in [0.1, 0.15) is 31.2 Å². The van der Waals surface area contributed by atoms with Crippen LogP contribution in [0.4, 0.5) is 0 Å². The highest BCUT2D eigenvalue weighted by Crippen LogP contribution is 2.40. The Labute approximate surface area is 108 Å². The van der Waals surface area contributed by atoms with Gasteiger partial charge >= 0.3 is 0 Å². The Kier molecular flexibility index (Phi) is 2.88. The molecule has 0 aliphatic heterocycles. The number of aromatic nitrogens is 1. The van der Waals surface area contributed by atoms with Crippen molar-refractivity contribution >= 4 is 0 Å². The van der Waals surface area contributed by atoms with Crippen molar-refractivity contribution in [3.05, 3.63) is 54.4 Å². The lowest BCUT2D eigenvalue weighted by Crippen LogP contribution is -2.33. The van der Waals surface area contributed by atoms with E-state index in [1.807, 2.05) is 18.5 Å². The normalized spacial score (nSPS) is 17.8. The largest absolute Gasteiger partial charge is 0.321 e. The van der Waals surface area contributed by atoms with Gasteiger partial charge in [0.05, 0.1) is 0 Å². The maximum atomic E-state index is 6.59. The molecule has 1 saturated carbocycles. The third kappa shape index (κ3) is 1.93. The van der Waals surface area contributed by atoms with Crippen LogP contribution in [0.3, 0.4) is 0 Å². The van der Waals surface area contributed by atoms with Crippen LogP contribution in [0.15, 0.2) is 48.8 Å². The van der Waals surface area contributed by atoms with Crippen LogP contribution < -0.4 is 5.73 Å². The quantitative estimate of drug-likeness (QED) is 0.870. The fraction of sp³-hybridized carbons (Fsp3) is 0.312. The molecule has 0 amide bonds. The van der Waals surface area contributed by atoms with Gasteiger partial charge in [-0.1, -0.05) is 43.2 Å². The van der Waals surface area contributed by atoms with Crippen molar-refractivity contribution in [2.24, 2.45) is 5.73 Å². The minimum Gasteiger partial charge on any atom is -0.321 e. The fourth-order valence-corrected chi connectivity index (χ4v) is 2.95. The molecule has 1 fully saturated rings. The van der Waals surface area contributed by atoms with Crippen molar-refractivity contribution in [1.82, 2.24) is 4.98 Å². The fourth-order valence-electron chi connectivity index (χ4n) is 2.95. The number of rotatable bonds is 2. The first-order valence-corrected chi connectivity index (χ1v) is 6.58. The smallest absolute Gasteiger partial charge is 0.0416 e. The molecule has 0 unspecified atom stereocenters. The van der Waals surface area contributed by atoms with Gasteiger partial charge in [-0.2, -0.15) is 0 Å². The summed E-state index contributed by atoms with van der Waals surface area (Å²) in [6.07, 6.45) is 8.42. The van der Waals surface area contributed by atoms with E-state index >= 15 is 0 Å². The summed E-state index contributed by atoms with van der Waals surface area (Å²) in [4.78, 5) is 4.27. The monoisotopic (exact) mass is 238 g/mol. The zero-order chi connectivity index (χ0) is 12.4. The number of hydrogen-bond acceptors (Lipinski definition) is 2. The molecule has 0 bridgehead atoms. The summed E-state index contributed by atoms with van der Waals surface area (Å²) in [5, 5.41) is 0. The van der Waals surface area contributed by atoms with E-state index in [4.69, 9.17) is 5.73 Å². The molecule has 2 heteroatoms. The van der Waals surface area contributed by atoms with Gasteiger partial charge < -0.3 is 5.73 Å². The topological polar surface area (TPSA) is 38.9 Å². The van der Waals surface area contributed by atoms with Crippen molar-refractivity contribution < 1.29 is 0 Å². The lowest BCUT2D eigenvalue weighted by Gasteiger charge is -2.26. The van der Waals surface area contributed by atoms with Crippen LogP contribution in [0.25, 0.3) is 11.1 Å². The molecule has 1 aliphatic carbocycles. The summed E-state index contributed by atoms with van der Waals surface area (Å²) in [7, 11) is 0. The molecule has 0 atom stereocenters. The van der Waals surface area contributed by atoms with Gasteiger partial charge in [-0.05, 0) is 30.0 Å². The zero-order valence-corrected chi connectivity index (χ0v) is 10.5. The number of nitrogens with two attached hydrogens (primary N) is 1. The minimum atomic E-state index is -0.159. The molecule has 3 rings (SSSR count). The second kappa shape index (κ2) is 4.54. The Morgan fingerprint density at radius 3 is 2.44 bits per heavy atom. The van der Waals surface area contributed by atoms with Gasteiger partial charge in [0.2, 0.25) is 0 Å². The zero-order valence-electron chi connectivity index (χ0n) is 10.5. The van der Waals surface area contributed by atoms with Gasteiger partial charge in [-0.3, -0.25) is 4.98 Å². The molecule has 1 aromatic carbocycles. The maximum absolute atomic E-state index is 6.59. The molecule has 0 radical (unpaired) electrons. The van der Waals surface area contributed by atoms with Crippen LogP contribution in [0.5, 0.6) is 0 Å². The van der Waals surface area contributed by atoms with Gasteiger partial charge in [0.25, 0.3) is 0 Å². The first-order chi connectivity index (χ1) is 8.80. The number of pyridine rings is 1. The van der Waals surface area contributed by atoms with Gasteiger partial charge in [0.15, 0.2) is 0 Å². The van der Waals surface area contributed by atoms with Crippen molar-refractivity contribution in [2.45, 2.75) is 31.2 Å². The maximum Gasteiger partial charge on any atom is 0.0416 e. The average molecular weight is 238 g/mol. The number of hydrogen-bond donors (Lipinski definition) is 1. The third-order valence-electron chi connectivity index (χ3n) is 3.94. The summed E-state index contributed by atoms with van der Waals surface area (Å²) >= 11 is 0. The molecule has 1 heterocycles. The second-order valence-corrected chi connectivity index (χ2v) is 5.15. The molecular weight excluding hydrogens is 220 g/mol. The molecule has 2 N–H and O–H groups in total. The van der Waals surface area contributed by atoms with E-state index in [0.29, 0.717) is 0 Å². The van der Waals surface area contributed by atoms with Gasteiger partial charge in [-0.25, -0.2) is 0 Å². The van der Waals surface area contributed by atoms with E-state index in [-0.39, 0.29) is 5.54 Å². The summed E-state index contributed by atoms with van der Waals surface area (Å²) < 4.78 is 0. The molecule has 2 nitrogen and oxygen atoms in total. The lowest BCUT2D eigenvalue weighted by atomic mass is 9.85. The van der Waals surface area contributed by atoms with Gasteiger partial charge in [0, 0.05) is 23.5 Å². The highest BCUT2D eigenvalue weighted by molar-refractivity contribution is 5.67. The Morgan fingerprint density at radius 2 is 1.72 bits per heavy atom. The van der Waals surface area contributed by atoms with Crippen LogP contribution in [-0.2, 0) is 5.54 Å². The van der Waals surface area contributed by atoms with E-state index < -0.39 is 0 Å². The second-order valence-electron chi connectivity index (χ2n) is 5.15. The number of benzene rings is 1. The molecule has 0 saturated heterocycles. The van der Waals surface area contributed by atoms with Crippen molar-refractivity contribution in [3.8, 4) is 11.1 Å². The van der Waals surface area contributed by atoms with Crippen LogP contribution in [0, 0.1) is 0 Å². The van der Waals surface area contributed by atoms with E-state index in [0.717, 1.165) is 12.8 Å². The van der Waals surface area contributed by atoms with E-state index in [2.05, 4.69) is 35.3 Å². The summed E-state index contributed by atoms with van der Waals surface area (Å²) in [6.45, 7) is 0. The SMILES string of the molecule is NC1(c2ccncc2-c2ccccc2)CCCC1. The van der Waals surface area contributed by atoms with Crippen molar-refractivity contribution in [1.29, 1.82) is 0 Å². The van der Waals surface area contributed by atoms with Crippen molar-refractivity contribution in [3.63, 3.8) is 0 Å². The summed E-state index contributed by atoms with van der Waals surface area (Å²) in [5.74, 6) is 0. The molecule has 1 aromatic heterocycles. The summed E-state index contributed by atoms with van der Waals surface area (Å²) in [6, 6.07) is 12.5. The van der Waals surface area contributed by atoms with E-state index in [1.54, 1.807) is 0 Å². The number of nitrogens with zero attached hydrogens (tertiary/aromatic N) is 1. The first kappa shape index (κ1) is 11.4. The molecule has 18 heavy (non-hydrogen) atoms. The van der Waals surface area contributed by atoms with Gasteiger partial charge in [-0.15, -0.1) is 0 Å². The Morgan fingerprint density at radius 1 is 1.00 bits per heavy atom. The van der Waals surface area contributed by atoms with Crippen LogP contribution in [0.2, 0.25) is 0 Å². The summed E-state index contributed by atoms with van der Waals surface area (Å²) in [5.41, 5.74) is 10.1. The first-order valence-electron chi connectivity index (χ1n) is 6.58. The highest BCUT2D eigenvalue weighted by Gasteiger charge is 2.33. The molecule has 2 aromatic rings. The Hall–Kier alpha value is -1.67. The minimum absolute atomic E-state index is 0.159. The standard InChI is InChI=1S/C16H18N2/c17-16(9-4-5-10-16)15-8-11-18-12-14(15)13-6-2-1-3-7-13/h1-3,6-8,11-12H,4-5,9-10,17H2. The van der Waals surface area contributed by atoms with E-state index in [9.17, 15) is 0 Å². The van der Waals surface area contributed by atoms with Crippen LogP contribution in [-0.4, -0.2) is 4.98 Å². The molecular formula is C16H18N2. The molecule has 92 valence electrons. The average Bonchev–Trinajstić information content (AvgIpc) is 2.88. The Bertz CT molecular complexity index is 528. The van der Waals surface area contributed by atoms with Gasteiger partial charge in [0.1, 0.15) is 0 Å². The Balaban J connectivity index is 2.11. The van der Waals surface area contributed by atoms with E-state index in [1.165, 1.54) is 29.5 Å². The van der Waals surface area contributed by atoms with Crippen molar-refractivity contribution in [2.75, 3.05) is 0 Å². The molecule has 0 spiro atoms. The molecule has 1 aliphatic rings. The predicted octanol–water partition coefficient (Wildman–Crippen LogP) is 3.48. The lowest BCUT2D eigenvalue weighted by molar-refractivity contribution is 0.462. The predicted molar refractivity (Wildman–Crippen MR) is 74.0 cm³/mol. The highest BCUT2D eigenvalue weighted by atomic mass is 14.8. The third-order valence-corrected chi connectivity index (χ3v) is 3.94. The van der Waals surface area contributed by atoms with Crippen LogP contribution >= 0.6 is 0 Å².